The molecule has 3 rings (SSSR count). The highest BCUT2D eigenvalue weighted by atomic mass is 16.5. The van der Waals surface area contributed by atoms with E-state index >= 15 is 0 Å². The molecule has 24 heavy (non-hydrogen) atoms. The van der Waals surface area contributed by atoms with Crippen LogP contribution in [0.5, 0.6) is 0 Å². The van der Waals surface area contributed by atoms with Crippen molar-refractivity contribution in [1.82, 2.24) is 20.2 Å². The van der Waals surface area contributed by atoms with Crippen LogP contribution in [0.1, 0.15) is 25.3 Å². The minimum absolute atomic E-state index is 0.0847. The predicted octanol–water partition coefficient (Wildman–Crippen LogP) is 1.29. The van der Waals surface area contributed by atoms with Crippen molar-refractivity contribution in [3.8, 4) is 0 Å². The van der Waals surface area contributed by atoms with Crippen LogP contribution in [0.25, 0.3) is 0 Å². The normalized spacial score (nSPS) is 17.0. The third kappa shape index (κ3) is 3.70. The highest BCUT2D eigenvalue weighted by Gasteiger charge is 2.23. The average Bonchev–Trinajstić information content (AvgIpc) is 3.26. The molecule has 1 aromatic heterocycles. The van der Waals surface area contributed by atoms with Gasteiger partial charge < -0.3 is 15.0 Å². The first-order valence-corrected chi connectivity index (χ1v) is 8.16. The molecule has 8 heteroatoms. The molecular formula is C16H22N6O2. The number of amides is 1. The molecule has 1 aromatic carbocycles. The quantitative estimate of drug-likeness (QED) is 0.859. The molecule has 2 aromatic rings. The van der Waals surface area contributed by atoms with E-state index in [1.165, 1.54) is 0 Å². The Balaban J connectivity index is 1.69. The van der Waals surface area contributed by atoms with Crippen molar-refractivity contribution in [2.75, 3.05) is 30.4 Å². The maximum atomic E-state index is 12.1. The van der Waals surface area contributed by atoms with Crippen molar-refractivity contribution in [1.29, 1.82) is 0 Å². The van der Waals surface area contributed by atoms with Gasteiger partial charge in [-0.05, 0) is 47.9 Å². The molecule has 128 valence electrons. The SMILES string of the molecule is CCN(C)c1nnnn1Cc1cccc(NC(=O)C2CCCO2)c1. The summed E-state index contributed by atoms with van der Waals surface area (Å²) in [5.41, 5.74) is 1.77. The molecule has 1 N–H and O–H groups in total. The van der Waals surface area contributed by atoms with Gasteiger partial charge in [0.1, 0.15) is 6.10 Å². The average molecular weight is 330 g/mol. The molecular weight excluding hydrogens is 308 g/mol. The first-order chi connectivity index (χ1) is 11.7. The van der Waals surface area contributed by atoms with E-state index in [9.17, 15) is 4.79 Å². The number of aromatic nitrogens is 4. The largest absolute Gasteiger partial charge is 0.368 e. The summed E-state index contributed by atoms with van der Waals surface area (Å²) < 4.78 is 7.15. The maximum absolute atomic E-state index is 12.1. The van der Waals surface area contributed by atoms with E-state index in [0.717, 1.165) is 30.6 Å². The van der Waals surface area contributed by atoms with Gasteiger partial charge in [0.2, 0.25) is 5.95 Å². The Labute approximate surface area is 140 Å². The third-order valence-corrected chi connectivity index (χ3v) is 4.08. The van der Waals surface area contributed by atoms with E-state index in [2.05, 4.69) is 20.8 Å². The second kappa shape index (κ2) is 7.39. The standard InChI is InChI=1S/C16H22N6O2/c1-3-21(2)16-18-19-20-22(16)11-12-6-4-7-13(10-12)17-15(23)14-8-5-9-24-14/h4,6-7,10,14H,3,5,8-9,11H2,1-2H3,(H,17,23). The molecule has 1 aliphatic heterocycles. The van der Waals surface area contributed by atoms with Crippen LogP contribution in [0.3, 0.4) is 0 Å². The lowest BCUT2D eigenvalue weighted by molar-refractivity contribution is -0.124. The Hall–Kier alpha value is -2.48. The molecule has 1 amide bonds. The fourth-order valence-electron chi connectivity index (χ4n) is 2.64. The van der Waals surface area contributed by atoms with Gasteiger partial charge in [-0.3, -0.25) is 4.79 Å². The maximum Gasteiger partial charge on any atom is 0.253 e. The van der Waals surface area contributed by atoms with Gasteiger partial charge in [-0.1, -0.05) is 17.2 Å². The zero-order valence-corrected chi connectivity index (χ0v) is 14.0. The molecule has 0 aliphatic carbocycles. The molecule has 1 atom stereocenters. The van der Waals surface area contributed by atoms with Gasteiger partial charge in [-0.2, -0.15) is 0 Å². The lowest BCUT2D eigenvalue weighted by atomic mass is 10.2. The highest BCUT2D eigenvalue weighted by Crippen LogP contribution is 2.17. The van der Waals surface area contributed by atoms with Crippen LogP contribution < -0.4 is 10.2 Å². The van der Waals surface area contributed by atoms with Gasteiger partial charge in [0.25, 0.3) is 5.91 Å². The van der Waals surface area contributed by atoms with Crippen molar-refractivity contribution in [3.63, 3.8) is 0 Å². The second-order valence-corrected chi connectivity index (χ2v) is 5.84. The van der Waals surface area contributed by atoms with E-state index in [4.69, 9.17) is 4.74 Å². The van der Waals surface area contributed by atoms with Crippen LogP contribution >= 0.6 is 0 Å². The van der Waals surface area contributed by atoms with Crippen LogP contribution in [0, 0.1) is 0 Å². The van der Waals surface area contributed by atoms with Gasteiger partial charge in [-0.25, -0.2) is 4.68 Å². The van der Waals surface area contributed by atoms with Crippen molar-refractivity contribution >= 4 is 17.5 Å². The fraction of sp³-hybridized carbons (Fsp3) is 0.500. The van der Waals surface area contributed by atoms with Crippen molar-refractivity contribution in [2.45, 2.75) is 32.4 Å². The van der Waals surface area contributed by atoms with E-state index in [0.29, 0.717) is 19.1 Å². The summed E-state index contributed by atoms with van der Waals surface area (Å²) in [4.78, 5) is 14.1. The van der Waals surface area contributed by atoms with Crippen LogP contribution in [0.15, 0.2) is 24.3 Å². The first kappa shape index (κ1) is 16.4. The summed E-state index contributed by atoms with van der Waals surface area (Å²) in [6.45, 7) is 4.06. The minimum Gasteiger partial charge on any atom is -0.368 e. The van der Waals surface area contributed by atoms with Crippen LogP contribution in [0.2, 0.25) is 0 Å². The lowest BCUT2D eigenvalue weighted by Crippen LogP contribution is -2.26. The van der Waals surface area contributed by atoms with Crippen LogP contribution in [-0.2, 0) is 16.1 Å². The van der Waals surface area contributed by atoms with Gasteiger partial charge >= 0.3 is 0 Å². The number of nitrogens with zero attached hydrogens (tertiary/aromatic N) is 5. The number of anilines is 2. The Bertz CT molecular complexity index is 695. The topological polar surface area (TPSA) is 85.2 Å². The van der Waals surface area contributed by atoms with Crippen LogP contribution in [-0.4, -0.2) is 52.4 Å². The molecule has 8 nitrogen and oxygen atoms in total. The number of nitrogens with one attached hydrogen (secondary N) is 1. The summed E-state index contributed by atoms with van der Waals surface area (Å²) in [5, 5.41) is 14.8. The number of rotatable bonds is 6. The Morgan fingerprint density at radius 3 is 3.12 bits per heavy atom. The molecule has 0 radical (unpaired) electrons. The number of carbonyl (C=O) groups excluding carboxylic acids is 1. The molecule has 1 aliphatic rings. The highest BCUT2D eigenvalue weighted by molar-refractivity contribution is 5.94. The van der Waals surface area contributed by atoms with Crippen molar-refractivity contribution in [2.24, 2.45) is 0 Å². The summed E-state index contributed by atoms with van der Waals surface area (Å²) in [7, 11) is 1.94. The first-order valence-electron chi connectivity index (χ1n) is 8.16. The predicted molar refractivity (Wildman–Crippen MR) is 89.9 cm³/mol. The summed E-state index contributed by atoms with van der Waals surface area (Å²) >= 11 is 0. The number of carbonyl (C=O) groups is 1. The summed E-state index contributed by atoms with van der Waals surface area (Å²) in [6.07, 6.45) is 1.38. The van der Waals surface area contributed by atoms with E-state index in [1.54, 1.807) is 4.68 Å². The molecule has 0 saturated carbocycles. The third-order valence-electron chi connectivity index (χ3n) is 4.08. The molecule has 0 bridgehead atoms. The van der Waals surface area contributed by atoms with Gasteiger partial charge in [-0.15, -0.1) is 0 Å². The lowest BCUT2D eigenvalue weighted by Gasteiger charge is -2.15. The van der Waals surface area contributed by atoms with Crippen LogP contribution in [0.4, 0.5) is 11.6 Å². The van der Waals surface area contributed by atoms with Gasteiger partial charge in [0, 0.05) is 25.9 Å². The molecule has 0 spiro atoms. The Kier molecular flexibility index (Phi) is 5.05. The number of benzene rings is 1. The van der Waals surface area contributed by atoms with E-state index in [1.807, 2.05) is 43.1 Å². The number of hydrogen-bond donors (Lipinski definition) is 1. The molecule has 1 unspecified atom stereocenters. The monoisotopic (exact) mass is 330 g/mol. The van der Waals surface area contributed by atoms with Crippen molar-refractivity contribution in [3.05, 3.63) is 29.8 Å². The van der Waals surface area contributed by atoms with Crippen molar-refractivity contribution < 1.29 is 9.53 Å². The Morgan fingerprint density at radius 1 is 1.50 bits per heavy atom. The second-order valence-electron chi connectivity index (χ2n) is 5.84. The summed E-state index contributed by atoms with van der Waals surface area (Å²) in [6, 6.07) is 7.70. The summed E-state index contributed by atoms with van der Waals surface area (Å²) in [5.74, 6) is 0.629. The van der Waals surface area contributed by atoms with Gasteiger partial charge in [0.15, 0.2) is 0 Å². The number of tetrazole rings is 1. The Morgan fingerprint density at radius 2 is 2.38 bits per heavy atom. The number of ether oxygens (including phenoxy) is 1. The van der Waals surface area contributed by atoms with Gasteiger partial charge in [0.05, 0.1) is 6.54 Å². The number of hydrogen-bond acceptors (Lipinski definition) is 6. The molecule has 1 fully saturated rings. The fourth-order valence-corrected chi connectivity index (χ4v) is 2.64. The minimum atomic E-state index is -0.335. The zero-order valence-electron chi connectivity index (χ0n) is 14.0. The smallest absolute Gasteiger partial charge is 0.253 e. The zero-order chi connectivity index (χ0) is 16.9. The van der Waals surface area contributed by atoms with E-state index < -0.39 is 0 Å². The van der Waals surface area contributed by atoms with E-state index in [-0.39, 0.29) is 12.0 Å². The molecule has 1 saturated heterocycles. The molecule has 2 heterocycles.